The van der Waals surface area contributed by atoms with Crippen LogP contribution >= 0.6 is 11.6 Å². The van der Waals surface area contributed by atoms with Crippen LogP contribution in [0, 0.1) is 0 Å². The van der Waals surface area contributed by atoms with Crippen LogP contribution in [0.4, 0.5) is 0 Å². The number of benzene rings is 2. The highest BCUT2D eigenvalue weighted by molar-refractivity contribution is 6.33. The number of para-hydroxylation sites is 1. The van der Waals surface area contributed by atoms with Crippen LogP contribution in [0.1, 0.15) is 21.6 Å². The van der Waals surface area contributed by atoms with Crippen molar-refractivity contribution in [2.75, 3.05) is 7.11 Å². The third-order valence-electron chi connectivity index (χ3n) is 3.90. The van der Waals surface area contributed by atoms with Crippen LogP contribution in [0.25, 0.3) is 11.3 Å². The van der Waals surface area contributed by atoms with Gasteiger partial charge in [0, 0.05) is 17.7 Å². The molecule has 0 saturated carbocycles. The molecule has 0 aliphatic rings. The lowest BCUT2D eigenvalue weighted by Gasteiger charge is -2.09. The van der Waals surface area contributed by atoms with E-state index in [0.717, 1.165) is 28.3 Å². The summed E-state index contributed by atoms with van der Waals surface area (Å²) in [4.78, 5) is 20.5. The zero-order chi connectivity index (χ0) is 18.5. The molecule has 0 spiro atoms. The molecule has 2 aromatic carbocycles. The van der Waals surface area contributed by atoms with Crippen molar-refractivity contribution in [3.05, 3.63) is 76.7 Å². The van der Waals surface area contributed by atoms with Gasteiger partial charge < -0.3 is 4.74 Å². The summed E-state index contributed by atoms with van der Waals surface area (Å²) in [6, 6.07) is 14.8. The molecule has 1 aromatic heterocycles. The molecule has 0 aliphatic carbocycles. The average Bonchev–Trinajstić information content (AvgIpc) is 2.69. The van der Waals surface area contributed by atoms with E-state index in [2.05, 4.69) is 15.4 Å². The number of nitrogens with two attached hydrogens (primary N) is 1. The van der Waals surface area contributed by atoms with Crippen LogP contribution < -0.4 is 16.0 Å². The molecular weight excluding hydrogens is 352 g/mol. The van der Waals surface area contributed by atoms with Gasteiger partial charge in [-0.3, -0.25) is 10.2 Å². The summed E-state index contributed by atoms with van der Waals surface area (Å²) in [7, 11) is 1.62. The molecule has 3 rings (SSSR count). The number of halogens is 1. The highest BCUT2D eigenvalue weighted by atomic mass is 35.5. The van der Waals surface area contributed by atoms with E-state index in [-0.39, 0.29) is 0 Å². The normalized spacial score (nSPS) is 10.4. The molecule has 0 saturated heterocycles. The Hall–Kier alpha value is -2.96. The second-order valence-corrected chi connectivity index (χ2v) is 5.97. The van der Waals surface area contributed by atoms with E-state index >= 15 is 0 Å². The number of nitrogens with zero attached hydrogens (tertiary/aromatic N) is 2. The zero-order valence-electron chi connectivity index (χ0n) is 14.1. The number of ether oxygens (including phenoxy) is 1. The van der Waals surface area contributed by atoms with Gasteiger partial charge in [-0.2, -0.15) is 0 Å². The Kier molecular flexibility index (Phi) is 5.46. The number of nitrogen functional groups attached to an aromatic ring is 1. The van der Waals surface area contributed by atoms with Crippen molar-refractivity contribution < 1.29 is 9.53 Å². The summed E-state index contributed by atoms with van der Waals surface area (Å²) < 4.78 is 5.39. The molecule has 1 heterocycles. The number of hydrogen-bond donors (Lipinski definition) is 2. The van der Waals surface area contributed by atoms with E-state index in [1.807, 2.05) is 36.4 Å². The van der Waals surface area contributed by atoms with Crippen molar-refractivity contribution in [2.45, 2.75) is 6.42 Å². The molecule has 1 amide bonds. The third kappa shape index (κ3) is 3.82. The number of carbonyl (C=O) groups excluding carboxylic acids is 1. The van der Waals surface area contributed by atoms with Crippen LogP contribution in [0.3, 0.4) is 0 Å². The van der Waals surface area contributed by atoms with Gasteiger partial charge in [0.2, 0.25) is 0 Å². The molecule has 0 fully saturated rings. The third-order valence-corrected chi connectivity index (χ3v) is 4.23. The van der Waals surface area contributed by atoms with Crippen molar-refractivity contribution in [2.24, 2.45) is 5.84 Å². The van der Waals surface area contributed by atoms with Gasteiger partial charge in [-0.05, 0) is 35.9 Å². The van der Waals surface area contributed by atoms with Gasteiger partial charge in [0.05, 0.1) is 23.4 Å². The fraction of sp³-hybridized carbons (Fsp3) is 0.105. The van der Waals surface area contributed by atoms with E-state index in [4.69, 9.17) is 22.2 Å². The lowest BCUT2D eigenvalue weighted by Crippen LogP contribution is -2.30. The summed E-state index contributed by atoms with van der Waals surface area (Å²) in [6.45, 7) is 0. The molecule has 0 aliphatic heterocycles. The maximum Gasteiger partial charge on any atom is 0.266 e. The molecule has 3 N–H and O–H groups in total. The summed E-state index contributed by atoms with van der Waals surface area (Å²) >= 11 is 6.06. The number of carbonyl (C=O) groups is 1. The first-order chi connectivity index (χ1) is 12.6. The molecule has 0 atom stereocenters. The van der Waals surface area contributed by atoms with Gasteiger partial charge in [0.15, 0.2) is 0 Å². The summed E-state index contributed by atoms with van der Waals surface area (Å²) in [6.07, 6.45) is 2.03. The van der Waals surface area contributed by atoms with E-state index in [1.54, 1.807) is 19.2 Å². The lowest BCUT2D eigenvalue weighted by atomic mass is 10.0. The Morgan fingerprint density at radius 3 is 2.77 bits per heavy atom. The molecule has 0 bridgehead atoms. The largest absolute Gasteiger partial charge is 0.496 e. The number of hydrazine groups is 1. The number of rotatable bonds is 5. The quantitative estimate of drug-likeness (QED) is 0.410. The smallest absolute Gasteiger partial charge is 0.266 e. The second-order valence-electron chi connectivity index (χ2n) is 5.56. The zero-order valence-corrected chi connectivity index (χ0v) is 14.8. The predicted molar refractivity (Wildman–Crippen MR) is 99.9 cm³/mol. The Morgan fingerprint density at radius 1 is 1.19 bits per heavy atom. The van der Waals surface area contributed by atoms with Crippen LogP contribution in [-0.4, -0.2) is 23.0 Å². The monoisotopic (exact) mass is 368 g/mol. The van der Waals surface area contributed by atoms with Crippen molar-refractivity contribution >= 4 is 17.5 Å². The Balaban J connectivity index is 1.91. The van der Waals surface area contributed by atoms with Gasteiger partial charge >= 0.3 is 0 Å². The number of nitrogens with one attached hydrogen (secondary N) is 1. The Labute approximate surface area is 156 Å². The maximum absolute atomic E-state index is 11.8. The lowest BCUT2D eigenvalue weighted by molar-refractivity contribution is 0.0953. The highest BCUT2D eigenvalue weighted by Crippen LogP contribution is 2.28. The van der Waals surface area contributed by atoms with Gasteiger partial charge in [0.1, 0.15) is 12.1 Å². The Bertz CT molecular complexity index is 946. The topological polar surface area (TPSA) is 90.1 Å². The molecule has 3 aromatic rings. The molecule has 7 heteroatoms. The minimum Gasteiger partial charge on any atom is -0.496 e. The van der Waals surface area contributed by atoms with Crippen molar-refractivity contribution in [1.29, 1.82) is 0 Å². The molecular formula is C19H17ClN4O2. The van der Waals surface area contributed by atoms with Crippen molar-refractivity contribution in [1.82, 2.24) is 15.4 Å². The minimum absolute atomic E-state index is 0.325. The van der Waals surface area contributed by atoms with E-state index in [9.17, 15) is 4.79 Å². The van der Waals surface area contributed by atoms with Gasteiger partial charge in [-0.1, -0.05) is 29.8 Å². The van der Waals surface area contributed by atoms with Gasteiger partial charge in [-0.15, -0.1) is 0 Å². The highest BCUT2D eigenvalue weighted by Gasteiger charge is 2.12. The van der Waals surface area contributed by atoms with E-state index in [1.165, 1.54) is 6.33 Å². The number of methoxy groups -OCH3 is 1. The van der Waals surface area contributed by atoms with Crippen LogP contribution in [0.15, 0.2) is 54.9 Å². The second kappa shape index (κ2) is 7.95. The van der Waals surface area contributed by atoms with Crippen molar-refractivity contribution in [3.63, 3.8) is 0 Å². The first kappa shape index (κ1) is 17.8. The molecule has 0 radical (unpaired) electrons. The number of hydrogen-bond acceptors (Lipinski definition) is 5. The predicted octanol–water partition coefficient (Wildman–Crippen LogP) is 3.00. The van der Waals surface area contributed by atoms with Crippen LogP contribution in [-0.2, 0) is 6.42 Å². The van der Waals surface area contributed by atoms with E-state index in [0.29, 0.717) is 17.0 Å². The first-order valence-electron chi connectivity index (χ1n) is 7.86. The minimum atomic E-state index is -0.436. The average molecular weight is 369 g/mol. The number of aromatic nitrogens is 2. The standard InChI is InChI=1S/C19H17ClN4O2/c1-26-18-5-3-2-4-14(18)17-10-13(22-11-23-17)8-12-6-7-16(20)15(9-12)19(25)24-21/h2-7,9-11H,8,21H2,1H3,(H,24,25). The Morgan fingerprint density at radius 2 is 2.00 bits per heavy atom. The molecule has 132 valence electrons. The van der Waals surface area contributed by atoms with Crippen LogP contribution in [0.5, 0.6) is 5.75 Å². The van der Waals surface area contributed by atoms with Gasteiger partial charge in [0.25, 0.3) is 5.91 Å². The molecule has 6 nitrogen and oxygen atoms in total. The molecule has 0 unspecified atom stereocenters. The summed E-state index contributed by atoms with van der Waals surface area (Å²) in [5, 5.41) is 0.342. The first-order valence-corrected chi connectivity index (χ1v) is 8.24. The summed E-state index contributed by atoms with van der Waals surface area (Å²) in [5.74, 6) is 5.50. The van der Waals surface area contributed by atoms with Crippen molar-refractivity contribution in [3.8, 4) is 17.0 Å². The fourth-order valence-electron chi connectivity index (χ4n) is 2.64. The summed E-state index contributed by atoms with van der Waals surface area (Å²) in [5.41, 5.74) is 5.76. The fourth-order valence-corrected chi connectivity index (χ4v) is 2.84. The SMILES string of the molecule is COc1ccccc1-c1cc(Cc2ccc(Cl)c(C(=O)NN)c2)ncn1. The maximum atomic E-state index is 11.8. The van der Waals surface area contributed by atoms with E-state index < -0.39 is 5.91 Å². The van der Waals surface area contributed by atoms with Gasteiger partial charge in [-0.25, -0.2) is 15.8 Å². The van der Waals surface area contributed by atoms with Crippen LogP contribution in [0.2, 0.25) is 5.02 Å². The number of amides is 1. The molecule has 26 heavy (non-hydrogen) atoms.